The maximum Gasteiger partial charge on any atom is 0.249 e. The Hall–Kier alpha value is -0.680. The molecule has 0 bridgehead atoms. The molecule has 1 saturated heterocycles. The topological polar surface area (TPSA) is 64.3 Å². The van der Waals surface area contributed by atoms with Crippen molar-refractivity contribution in [3.05, 3.63) is 0 Å². The van der Waals surface area contributed by atoms with E-state index in [2.05, 4.69) is 5.32 Å². The molecule has 0 spiro atoms. The summed E-state index contributed by atoms with van der Waals surface area (Å²) in [6, 6.07) is 0.0320. The molecule has 3 atom stereocenters. The molecule has 1 aliphatic heterocycles. The van der Waals surface area contributed by atoms with Gasteiger partial charge in [-0.2, -0.15) is 0 Å². The van der Waals surface area contributed by atoms with Crippen molar-refractivity contribution in [3.63, 3.8) is 0 Å². The van der Waals surface area contributed by atoms with Gasteiger partial charge in [0.1, 0.15) is 6.10 Å². The van der Waals surface area contributed by atoms with Gasteiger partial charge in [-0.1, -0.05) is 19.1 Å². The van der Waals surface area contributed by atoms with Crippen LogP contribution < -0.4 is 11.1 Å². The fourth-order valence-electron chi connectivity index (χ4n) is 1.83. The lowest BCUT2D eigenvalue weighted by atomic mass is 10.1. The number of carbonyl (C=O) groups is 1. The SMILES string of the molecule is CCC(CC(N)=S)NC(=O)C1CCC(C)O1. The molecule has 0 aromatic heterocycles. The van der Waals surface area contributed by atoms with Gasteiger partial charge in [-0.05, 0) is 26.2 Å². The first kappa shape index (κ1) is 13.4. The first-order valence-corrected chi connectivity index (χ1v) is 6.17. The van der Waals surface area contributed by atoms with Crippen molar-refractivity contribution >= 4 is 23.1 Å². The summed E-state index contributed by atoms with van der Waals surface area (Å²) in [7, 11) is 0. The van der Waals surface area contributed by atoms with Gasteiger partial charge >= 0.3 is 0 Å². The van der Waals surface area contributed by atoms with Crippen molar-refractivity contribution < 1.29 is 9.53 Å². The van der Waals surface area contributed by atoms with Gasteiger partial charge in [0.05, 0.1) is 11.1 Å². The van der Waals surface area contributed by atoms with Crippen LogP contribution >= 0.6 is 12.2 Å². The third-order valence-corrected chi connectivity index (χ3v) is 2.98. The fourth-order valence-corrected chi connectivity index (χ4v) is 2.03. The quantitative estimate of drug-likeness (QED) is 0.711. The van der Waals surface area contributed by atoms with Gasteiger partial charge in [0.25, 0.3) is 0 Å². The number of amides is 1. The summed E-state index contributed by atoms with van der Waals surface area (Å²) in [4.78, 5) is 12.3. The van der Waals surface area contributed by atoms with Gasteiger partial charge < -0.3 is 15.8 Å². The second-order valence-electron chi connectivity index (χ2n) is 4.30. The van der Waals surface area contributed by atoms with Crippen LogP contribution in [-0.4, -0.2) is 29.1 Å². The lowest BCUT2D eigenvalue weighted by molar-refractivity contribution is -0.132. The number of carbonyl (C=O) groups excluding carboxylic acids is 1. The van der Waals surface area contributed by atoms with Crippen LogP contribution in [0.1, 0.15) is 39.5 Å². The molecule has 1 amide bonds. The van der Waals surface area contributed by atoms with Gasteiger partial charge in [-0.15, -0.1) is 0 Å². The van der Waals surface area contributed by atoms with Crippen molar-refractivity contribution in [2.45, 2.75) is 57.8 Å². The molecule has 0 aromatic rings. The highest BCUT2D eigenvalue weighted by atomic mass is 32.1. The molecule has 0 aliphatic carbocycles. The van der Waals surface area contributed by atoms with Crippen LogP contribution in [0.15, 0.2) is 0 Å². The second kappa shape index (κ2) is 6.15. The zero-order valence-corrected chi connectivity index (χ0v) is 10.7. The highest BCUT2D eigenvalue weighted by Crippen LogP contribution is 2.19. The normalized spacial score (nSPS) is 26.4. The number of hydrogen-bond acceptors (Lipinski definition) is 3. The Bertz CT molecular complexity index is 271. The van der Waals surface area contributed by atoms with E-state index in [-0.39, 0.29) is 24.2 Å². The van der Waals surface area contributed by atoms with E-state index in [9.17, 15) is 4.79 Å². The predicted octanol–water partition coefficient (Wildman–Crippen LogP) is 1.12. The number of thiocarbonyl (C=S) groups is 1. The Kier molecular flexibility index (Phi) is 5.15. The first-order valence-electron chi connectivity index (χ1n) is 5.77. The lowest BCUT2D eigenvalue weighted by Gasteiger charge is -2.19. The van der Waals surface area contributed by atoms with E-state index < -0.39 is 0 Å². The maximum atomic E-state index is 11.8. The van der Waals surface area contributed by atoms with Crippen molar-refractivity contribution in [3.8, 4) is 0 Å². The van der Waals surface area contributed by atoms with Crippen LogP contribution in [0.4, 0.5) is 0 Å². The van der Waals surface area contributed by atoms with Crippen LogP contribution in [0.3, 0.4) is 0 Å². The first-order chi connectivity index (χ1) is 7.52. The lowest BCUT2D eigenvalue weighted by Crippen LogP contribution is -2.42. The van der Waals surface area contributed by atoms with Crippen molar-refractivity contribution in [2.24, 2.45) is 5.73 Å². The highest BCUT2D eigenvalue weighted by Gasteiger charge is 2.29. The molecule has 1 rings (SSSR count). The summed E-state index contributed by atoms with van der Waals surface area (Å²) in [6.45, 7) is 3.99. The third kappa shape index (κ3) is 4.06. The summed E-state index contributed by atoms with van der Waals surface area (Å²) < 4.78 is 5.50. The van der Waals surface area contributed by atoms with E-state index in [0.29, 0.717) is 11.4 Å². The standard InChI is InChI=1S/C11H20N2O2S/c1-3-8(6-10(12)16)13-11(14)9-5-4-7(2)15-9/h7-9H,3-6H2,1-2H3,(H2,12,16)(H,13,14). The summed E-state index contributed by atoms with van der Waals surface area (Å²) in [5.41, 5.74) is 5.47. The van der Waals surface area contributed by atoms with Gasteiger partial charge in [0.15, 0.2) is 0 Å². The minimum absolute atomic E-state index is 0.0320. The number of nitrogens with one attached hydrogen (secondary N) is 1. The molecule has 0 saturated carbocycles. The molecule has 16 heavy (non-hydrogen) atoms. The molecular weight excluding hydrogens is 224 g/mol. The molecule has 92 valence electrons. The summed E-state index contributed by atoms with van der Waals surface area (Å²) in [5, 5.41) is 2.93. The molecule has 4 nitrogen and oxygen atoms in total. The molecule has 1 heterocycles. The third-order valence-electron chi connectivity index (χ3n) is 2.81. The fraction of sp³-hybridized carbons (Fsp3) is 0.818. The molecule has 3 N–H and O–H groups in total. The van der Waals surface area contributed by atoms with Crippen LogP contribution in [0, 0.1) is 0 Å². The molecule has 0 aromatic carbocycles. The average molecular weight is 244 g/mol. The van der Waals surface area contributed by atoms with E-state index in [0.717, 1.165) is 19.3 Å². The molecule has 1 aliphatic rings. The minimum Gasteiger partial charge on any atom is -0.393 e. The number of hydrogen-bond donors (Lipinski definition) is 2. The van der Waals surface area contributed by atoms with Gasteiger partial charge in [-0.3, -0.25) is 4.79 Å². The van der Waals surface area contributed by atoms with E-state index in [1.54, 1.807) is 0 Å². The Morgan fingerprint density at radius 3 is 2.75 bits per heavy atom. The molecule has 5 heteroatoms. The number of rotatable bonds is 5. The summed E-state index contributed by atoms with van der Waals surface area (Å²) >= 11 is 4.84. The summed E-state index contributed by atoms with van der Waals surface area (Å²) in [6.07, 6.45) is 3.02. The van der Waals surface area contributed by atoms with E-state index in [4.69, 9.17) is 22.7 Å². The van der Waals surface area contributed by atoms with Crippen LogP contribution in [0.2, 0.25) is 0 Å². The van der Waals surface area contributed by atoms with Crippen LogP contribution in [0.5, 0.6) is 0 Å². The average Bonchev–Trinajstić information content (AvgIpc) is 2.63. The van der Waals surface area contributed by atoms with E-state index in [1.165, 1.54) is 0 Å². The van der Waals surface area contributed by atoms with Crippen LogP contribution in [0.25, 0.3) is 0 Å². The van der Waals surface area contributed by atoms with Crippen molar-refractivity contribution in [1.29, 1.82) is 0 Å². The molecule has 0 radical (unpaired) electrons. The minimum atomic E-state index is -0.296. The Balaban J connectivity index is 2.39. The molecule has 3 unspecified atom stereocenters. The zero-order chi connectivity index (χ0) is 12.1. The van der Waals surface area contributed by atoms with E-state index in [1.807, 2.05) is 13.8 Å². The smallest absolute Gasteiger partial charge is 0.249 e. The Morgan fingerprint density at radius 2 is 2.31 bits per heavy atom. The molecule has 1 fully saturated rings. The Morgan fingerprint density at radius 1 is 1.62 bits per heavy atom. The molecular formula is C11H20N2O2S. The largest absolute Gasteiger partial charge is 0.393 e. The van der Waals surface area contributed by atoms with Crippen LogP contribution in [-0.2, 0) is 9.53 Å². The number of ether oxygens (including phenoxy) is 1. The van der Waals surface area contributed by atoms with Gasteiger partial charge in [0.2, 0.25) is 5.91 Å². The monoisotopic (exact) mass is 244 g/mol. The zero-order valence-electron chi connectivity index (χ0n) is 9.86. The highest BCUT2D eigenvalue weighted by molar-refractivity contribution is 7.80. The number of nitrogens with two attached hydrogens (primary N) is 1. The van der Waals surface area contributed by atoms with Gasteiger partial charge in [0, 0.05) is 12.5 Å². The van der Waals surface area contributed by atoms with Crippen molar-refractivity contribution in [1.82, 2.24) is 5.32 Å². The maximum absolute atomic E-state index is 11.8. The van der Waals surface area contributed by atoms with Crippen molar-refractivity contribution in [2.75, 3.05) is 0 Å². The predicted molar refractivity (Wildman–Crippen MR) is 67.2 cm³/mol. The Labute approximate surface area is 102 Å². The van der Waals surface area contributed by atoms with E-state index >= 15 is 0 Å². The second-order valence-corrected chi connectivity index (χ2v) is 4.82. The van der Waals surface area contributed by atoms with Gasteiger partial charge in [-0.25, -0.2) is 0 Å². The summed E-state index contributed by atoms with van der Waals surface area (Å²) in [5.74, 6) is -0.0348.